The summed E-state index contributed by atoms with van der Waals surface area (Å²) >= 11 is 0. The maximum absolute atomic E-state index is 11.6. The normalized spacial score (nSPS) is 23.4. The average Bonchev–Trinajstić information content (AvgIpc) is 3.07. The Bertz CT molecular complexity index is 912. The lowest BCUT2D eigenvalue weighted by Crippen LogP contribution is -2.33. The van der Waals surface area contributed by atoms with Gasteiger partial charge in [-0.1, -0.05) is 57.2 Å². The molecule has 2 unspecified atom stereocenters. The van der Waals surface area contributed by atoms with E-state index < -0.39 is 11.9 Å². The van der Waals surface area contributed by atoms with E-state index in [1.807, 2.05) is 20.8 Å². The van der Waals surface area contributed by atoms with E-state index in [0.717, 1.165) is 12.8 Å². The van der Waals surface area contributed by atoms with Crippen molar-refractivity contribution in [2.24, 2.45) is 16.7 Å². The van der Waals surface area contributed by atoms with Crippen LogP contribution in [0.5, 0.6) is 0 Å². The first-order valence-electron chi connectivity index (χ1n) is 9.80. The van der Waals surface area contributed by atoms with Crippen molar-refractivity contribution in [3.8, 4) is 0 Å². The van der Waals surface area contributed by atoms with Gasteiger partial charge < -0.3 is 0 Å². The Morgan fingerprint density at radius 2 is 1.23 bits per heavy atom. The van der Waals surface area contributed by atoms with Crippen molar-refractivity contribution in [3.63, 3.8) is 0 Å². The molecular weight excluding hydrogens is 384 g/mol. The van der Waals surface area contributed by atoms with Crippen molar-refractivity contribution in [2.45, 2.75) is 33.6 Å². The highest BCUT2D eigenvalue weighted by atomic mass is 17.2. The number of Topliss-reactive ketones (excluding diaryl/α,β-unsaturated/α-hetero) is 2. The Morgan fingerprint density at radius 1 is 0.800 bits per heavy atom. The zero-order chi connectivity index (χ0) is 21.9. The van der Waals surface area contributed by atoms with Gasteiger partial charge in [-0.3, -0.25) is 9.59 Å². The Kier molecular flexibility index (Phi) is 5.87. The monoisotopic (exact) mass is 408 g/mol. The van der Waals surface area contributed by atoms with Crippen molar-refractivity contribution in [1.82, 2.24) is 0 Å². The number of fused-ring (bicyclic) bond motifs is 2. The molecule has 4 rings (SSSR count). The number of carbonyl (C=O) groups is 4. The van der Waals surface area contributed by atoms with E-state index in [0.29, 0.717) is 11.1 Å². The van der Waals surface area contributed by atoms with Crippen LogP contribution in [0.1, 0.15) is 54.3 Å². The van der Waals surface area contributed by atoms with Gasteiger partial charge in [0, 0.05) is 11.3 Å². The maximum Gasteiger partial charge on any atom is 0.386 e. The van der Waals surface area contributed by atoms with Gasteiger partial charge in [0.05, 0.1) is 11.1 Å². The summed E-state index contributed by atoms with van der Waals surface area (Å²) in [6, 6.07) is 16.6. The minimum Gasteiger partial charge on any atom is -0.291 e. The number of carbonyl (C=O) groups excluding carboxylic acids is 4. The van der Waals surface area contributed by atoms with Crippen molar-refractivity contribution >= 4 is 23.5 Å². The molecule has 2 aliphatic rings. The fourth-order valence-electron chi connectivity index (χ4n) is 4.12. The summed E-state index contributed by atoms with van der Waals surface area (Å²) in [5.41, 5.74) is 0.187. The standard InChI is InChI=1S/C14H10O4.C10H14O2/c15-13(11-7-3-1-4-8-11)17-18-14(16)12-9-5-2-6-10-12;1-9(2)6-4-5-10(9,3)8(12)7(6)11/h1-10H;6H,4-5H2,1-3H3. The van der Waals surface area contributed by atoms with Gasteiger partial charge in [0.2, 0.25) is 11.6 Å². The molecule has 0 radical (unpaired) electrons. The van der Waals surface area contributed by atoms with Crippen LogP contribution in [-0.2, 0) is 19.4 Å². The molecule has 0 heterocycles. The van der Waals surface area contributed by atoms with Gasteiger partial charge >= 0.3 is 11.9 Å². The summed E-state index contributed by atoms with van der Waals surface area (Å²) in [6.07, 6.45) is 1.81. The highest BCUT2D eigenvalue weighted by Crippen LogP contribution is 2.61. The Morgan fingerprint density at radius 3 is 1.53 bits per heavy atom. The van der Waals surface area contributed by atoms with Gasteiger partial charge in [-0.2, -0.15) is 0 Å². The van der Waals surface area contributed by atoms with Crippen molar-refractivity contribution in [1.29, 1.82) is 0 Å². The Labute approximate surface area is 175 Å². The van der Waals surface area contributed by atoms with Crippen LogP contribution < -0.4 is 0 Å². The Balaban J connectivity index is 0.000000184. The van der Waals surface area contributed by atoms with E-state index in [9.17, 15) is 19.2 Å². The highest BCUT2D eigenvalue weighted by Gasteiger charge is 2.66. The van der Waals surface area contributed by atoms with Crippen LogP contribution in [0.25, 0.3) is 0 Å². The van der Waals surface area contributed by atoms with E-state index in [4.69, 9.17) is 0 Å². The molecule has 0 spiro atoms. The smallest absolute Gasteiger partial charge is 0.291 e. The molecule has 0 aromatic heterocycles. The number of benzene rings is 2. The summed E-state index contributed by atoms with van der Waals surface area (Å²) in [5.74, 6) is -1.65. The van der Waals surface area contributed by atoms with Crippen molar-refractivity contribution in [3.05, 3.63) is 71.8 Å². The summed E-state index contributed by atoms with van der Waals surface area (Å²) < 4.78 is 0. The molecule has 2 aromatic rings. The largest absolute Gasteiger partial charge is 0.386 e. The number of hydrogen-bond donors (Lipinski definition) is 0. The third kappa shape index (κ3) is 3.77. The van der Waals surface area contributed by atoms with Crippen LogP contribution in [0.15, 0.2) is 60.7 Å². The molecule has 2 fully saturated rings. The second-order valence-corrected chi connectivity index (χ2v) is 8.31. The summed E-state index contributed by atoms with van der Waals surface area (Å²) in [6.45, 7) is 6.04. The van der Waals surface area contributed by atoms with Gasteiger partial charge in [-0.05, 0) is 42.5 Å². The van der Waals surface area contributed by atoms with Crippen LogP contribution in [0, 0.1) is 16.7 Å². The van der Waals surface area contributed by atoms with Gasteiger partial charge in [-0.15, -0.1) is 0 Å². The van der Waals surface area contributed by atoms with Crippen LogP contribution >= 0.6 is 0 Å². The maximum atomic E-state index is 11.6. The van der Waals surface area contributed by atoms with E-state index in [1.54, 1.807) is 60.7 Å². The van der Waals surface area contributed by atoms with Gasteiger partial charge in [0.1, 0.15) is 0 Å². The first-order valence-corrected chi connectivity index (χ1v) is 9.80. The number of rotatable bonds is 2. The van der Waals surface area contributed by atoms with Gasteiger partial charge in [0.25, 0.3) is 0 Å². The predicted octanol–water partition coefficient (Wildman–Crippen LogP) is 4.20. The van der Waals surface area contributed by atoms with Crippen molar-refractivity contribution in [2.75, 3.05) is 0 Å². The van der Waals surface area contributed by atoms with Crippen LogP contribution in [-0.4, -0.2) is 23.5 Å². The average molecular weight is 408 g/mol. The molecule has 0 saturated heterocycles. The molecule has 0 amide bonds. The Hall–Kier alpha value is -3.28. The molecule has 6 nitrogen and oxygen atoms in total. The van der Waals surface area contributed by atoms with Crippen LogP contribution in [0.3, 0.4) is 0 Å². The predicted molar refractivity (Wildman–Crippen MR) is 108 cm³/mol. The molecule has 2 aromatic carbocycles. The summed E-state index contributed by atoms with van der Waals surface area (Å²) in [4.78, 5) is 54.9. The molecule has 6 heteroatoms. The second-order valence-electron chi connectivity index (χ2n) is 8.31. The number of hydrogen-bond acceptors (Lipinski definition) is 6. The molecule has 0 N–H and O–H groups in total. The zero-order valence-corrected chi connectivity index (χ0v) is 17.2. The SMILES string of the molecule is CC12CCC(C(=O)C1=O)C2(C)C.O=C(OOC(=O)c1ccccc1)c1ccccc1. The van der Waals surface area contributed by atoms with Crippen molar-refractivity contribution < 1.29 is 29.0 Å². The quantitative estimate of drug-likeness (QED) is 0.421. The van der Waals surface area contributed by atoms with Crippen LogP contribution in [0.2, 0.25) is 0 Å². The van der Waals surface area contributed by atoms with E-state index >= 15 is 0 Å². The lowest BCUT2D eigenvalue weighted by Gasteiger charge is -2.31. The first-order chi connectivity index (χ1) is 14.2. The molecule has 2 bridgehead atoms. The minimum absolute atomic E-state index is 0.00926. The third-order valence-electron chi connectivity index (χ3n) is 6.48. The molecule has 2 aliphatic carbocycles. The fraction of sp³-hybridized carbons (Fsp3) is 0.333. The van der Waals surface area contributed by atoms with Crippen LogP contribution in [0.4, 0.5) is 0 Å². The zero-order valence-electron chi connectivity index (χ0n) is 17.2. The van der Waals surface area contributed by atoms with Gasteiger partial charge in [0.15, 0.2) is 0 Å². The fourth-order valence-corrected chi connectivity index (χ4v) is 4.12. The summed E-state index contributed by atoms with van der Waals surface area (Å²) in [7, 11) is 0. The minimum atomic E-state index is -0.708. The second kappa shape index (κ2) is 8.22. The van der Waals surface area contributed by atoms with E-state index in [1.165, 1.54) is 0 Å². The molecule has 0 aliphatic heterocycles. The van der Waals surface area contributed by atoms with Gasteiger partial charge in [-0.25, -0.2) is 19.4 Å². The van der Waals surface area contributed by atoms with E-state index in [2.05, 4.69) is 9.78 Å². The lowest BCUT2D eigenvalue weighted by atomic mass is 9.70. The molecule has 2 atom stereocenters. The molecule has 2 saturated carbocycles. The third-order valence-corrected chi connectivity index (χ3v) is 6.48. The molecule has 156 valence electrons. The highest BCUT2D eigenvalue weighted by molar-refractivity contribution is 6.43. The lowest BCUT2D eigenvalue weighted by molar-refractivity contribution is -0.187. The van der Waals surface area contributed by atoms with E-state index in [-0.39, 0.29) is 28.3 Å². The summed E-state index contributed by atoms with van der Waals surface area (Å²) in [5, 5.41) is 0. The number of ketones is 2. The topological polar surface area (TPSA) is 86.7 Å². The first kappa shape index (κ1) is 21.4. The molecule has 30 heavy (non-hydrogen) atoms. The molecular formula is C24H24O6.